The van der Waals surface area contributed by atoms with E-state index in [9.17, 15) is 9.50 Å². The lowest BCUT2D eigenvalue weighted by Gasteiger charge is -2.07. The molecule has 2 aromatic rings. The first-order chi connectivity index (χ1) is 12.4. The first-order valence-electron chi connectivity index (χ1n) is 8.54. The molecule has 1 aromatic carbocycles. The van der Waals surface area contributed by atoms with Gasteiger partial charge in [0.05, 0.1) is 17.7 Å². The first-order valence-corrected chi connectivity index (χ1v) is 8.54. The van der Waals surface area contributed by atoms with Gasteiger partial charge in [-0.2, -0.15) is 0 Å². The normalized spacial score (nSPS) is 11.3. The van der Waals surface area contributed by atoms with Crippen LogP contribution >= 0.6 is 0 Å². The summed E-state index contributed by atoms with van der Waals surface area (Å²) >= 11 is 0. The van der Waals surface area contributed by atoms with Crippen LogP contribution in [0.4, 0.5) is 4.39 Å². The van der Waals surface area contributed by atoms with Crippen molar-refractivity contribution in [2.75, 3.05) is 6.61 Å². The summed E-state index contributed by atoms with van der Waals surface area (Å²) in [5, 5.41) is 9.60. The molecule has 0 fully saturated rings. The predicted octanol–water partition coefficient (Wildman–Crippen LogP) is 4.14. The van der Waals surface area contributed by atoms with Crippen molar-refractivity contribution in [3.05, 3.63) is 54.1 Å². The lowest BCUT2D eigenvalue weighted by molar-refractivity contribution is 0.143. The Bertz CT molecular complexity index is 813. The summed E-state index contributed by atoms with van der Waals surface area (Å²) in [4.78, 5) is 8.30. The Labute approximate surface area is 153 Å². The van der Waals surface area contributed by atoms with Gasteiger partial charge < -0.3 is 9.84 Å². The van der Waals surface area contributed by atoms with Crippen LogP contribution in [0.3, 0.4) is 0 Å². The molecule has 0 atom stereocenters. The van der Waals surface area contributed by atoms with E-state index in [0.29, 0.717) is 23.5 Å². The zero-order valence-electron chi connectivity index (χ0n) is 15.3. The maximum Gasteiger partial charge on any atom is 0.162 e. The fraction of sp³-hybridized carbons (Fsp3) is 0.333. The minimum Gasteiger partial charge on any atom is -0.493 e. The van der Waals surface area contributed by atoms with Gasteiger partial charge >= 0.3 is 0 Å². The molecule has 0 aliphatic carbocycles. The lowest BCUT2D eigenvalue weighted by Crippen LogP contribution is -2.14. The van der Waals surface area contributed by atoms with E-state index in [1.807, 2.05) is 6.08 Å². The van der Waals surface area contributed by atoms with Gasteiger partial charge in [0.1, 0.15) is 17.2 Å². The maximum atomic E-state index is 14.3. The molecule has 0 aliphatic rings. The van der Waals surface area contributed by atoms with Crippen LogP contribution in [0.2, 0.25) is 0 Å². The summed E-state index contributed by atoms with van der Waals surface area (Å²) in [6.07, 6.45) is 8.90. The zero-order chi connectivity index (χ0) is 19.0. The van der Waals surface area contributed by atoms with Gasteiger partial charge in [-0.25, -0.2) is 14.4 Å². The largest absolute Gasteiger partial charge is 0.493 e. The Morgan fingerprint density at radius 1 is 1.23 bits per heavy atom. The average Bonchev–Trinajstić information content (AvgIpc) is 2.60. The van der Waals surface area contributed by atoms with Crippen molar-refractivity contribution in [1.82, 2.24) is 9.97 Å². The molecule has 0 saturated carbocycles. The standard InChI is InChI=1S/C21H23FN2O2/c1-4-5-6-7-12-26-17-8-9-18(19(22)13-17)20-23-14-16(15-24-20)10-11-21(2,3)25/h5-6,8-9,13-15,25H,4,7,12H2,1-3H3. The van der Waals surface area contributed by atoms with Crippen LogP contribution in [0.15, 0.2) is 42.7 Å². The van der Waals surface area contributed by atoms with Crippen molar-refractivity contribution in [1.29, 1.82) is 0 Å². The monoisotopic (exact) mass is 354 g/mol. The van der Waals surface area contributed by atoms with Crippen LogP contribution in [-0.2, 0) is 0 Å². The number of benzene rings is 1. The number of ether oxygens (including phenoxy) is 1. The van der Waals surface area contributed by atoms with Crippen LogP contribution in [0.5, 0.6) is 5.75 Å². The predicted molar refractivity (Wildman–Crippen MR) is 100 cm³/mol. The van der Waals surface area contributed by atoms with Gasteiger partial charge in [0, 0.05) is 18.5 Å². The zero-order valence-corrected chi connectivity index (χ0v) is 15.3. The van der Waals surface area contributed by atoms with Crippen LogP contribution in [0, 0.1) is 17.7 Å². The highest BCUT2D eigenvalue weighted by Crippen LogP contribution is 2.23. The molecule has 0 unspecified atom stereocenters. The second-order valence-corrected chi connectivity index (χ2v) is 6.26. The van der Waals surface area contributed by atoms with E-state index in [1.165, 1.54) is 18.5 Å². The Morgan fingerprint density at radius 3 is 2.58 bits per heavy atom. The molecular formula is C21H23FN2O2. The smallest absolute Gasteiger partial charge is 0.162 e. The Hall–Kier alpha value is -2.71. The molecule has 1 aromatic heterocycles. The molecule has 0 amide bonds. The van der Waals surface area contributed by atoms with E-state index >= 15 is 0 Å². The van der Waals surface area contributed by atoms with E-state index in [0.717, 1.165) is 12.8 Å². The summed E-state index contributed by atoms with van der Waals surface area (Å²) in [6, 6.07) is 4.64. The minimum absolute atomic E-state index is 0.272. The average molecular weight is 354 g/mol. The van der Waals surface area contributed by atoms with Gasteiger partial charge in [-0.1, -0.05) is 30.9 Å². The number of hydrogen-bond acceptors (Lipinski definition) is 4. The molecule has 1 heterocycles. The number of allylic oxidation sites excluding steroid dienone is 1. The van der Waals surface area contributed by atoms with Crippen LogP contribution in [0.1, 0.15) is 39.2 Å². The number of rotatable bonds is 6. The molecule has 5 heteroatoms. The van der Waals surface area contributed by atoms with Gasteiger partial charge in [0.2, 0.25) is 0 Å². The highest BCUT2D eigenvalue weighted by molar-refractivity contribution is 5.57. The third kappa shape index (κ3) is 6.30. The minimum atomic E-state index is -1.09. The second-order valence-electron chi connectivity index (χ2n) is 6.26. The highest BCUT2D eigenvalue weighted by atomic mass is 19.1. The fourth-order valence-corrected chi connectivity index (χ4v) is 2.05. The van der Waals surface area contributed by atoms with E-state index in [4.69, 9.17) is 4.74 Å². The van der Waals surface area contributed by atoms with Gasteiger partial charge in [-0.3, -0.25) is 0 Å². The fourth-order valence-electron chi connectivity index (χ4n) is 2.05. The second kappa shape index (κ2) is 9.12. The van der Waals surface area contributed by atoms with Crippen molar-refractivity contribution < 1.29 is 14.2 Å². The van der Waals surface area contributed by atoms with Gasteiger partial charge in [-0.15, -0.1) is 0 Å². The van der Waals surface area contributed by atoms with Crippen molar-refractivity contribution >= 4 is 0 Å². The van der Waals surface area contributed by atoms with Crippen LogP contribution < -0.4 is 4.74 Å². The van der Waals surface area contributed by atoms with Gasteiger partial charge in [0.15, 0.2) is 5.82 Å². The van der Waals surface area contributed by atoms with Crippen LogP contribution in [0.25, 0.3) is 11.4 Å². The summed E-state index contributed by atoms with van der Waals surface area (Å²) in [6.45, 7) is 5.75. The SMILES string of the molecule is CCC=CCCOc1ccc(-c2ncc(C#CC(C)(C)O)cn2)c(F)c1. The molecule has 1 N–H and O–H groups in total. The Morgan fingerprint density at radius 2 is 1.96 bits per heavy atom. The van der Waals surface area contributed by atoms with Gasteiger partial charge in [0.25, 0.3) is 0 Å². The quantitative estimate of drug-likeness (QED) is 0.481. The third-order valence-electron chi connectivity index (χ3n) is 3.30. The molecule has 0 bridgehead atoms. The third-order valence-corrected chi connectivity index (χ3v) is 3.30. The maximum absolute atomic E-state index is 14.3. The first kappa shape index (κ1) is 19.6. The number of halogens is 1. The van der Waals surface area contributed by atoms with E-state index in [-0.39, 0.29) is 5.82 Å². The molecule has 26 heavy (non-hydrogen) atoms. The summed E-state index contributed by atoms with van der Waals surface area (Å²) in [5.41, 5.74) is -0.242. The molecule has 2 rings (SSSR count). The highest BCUT2D eigenvalue weighted by Gasteiger charge is 2.10. The topological polar surface area (TPSA) is 55.2 Å². The molecule has 136 valence electrons. The molecule has 0 radical (unpaired) electrons. The van der Waals surface area contributed by atoms with Crippen LogP contribution in [-0.4, -0.2) is 27.3 Å². The number of aromatic nitrogens is 2. The lowest BCUT2D eigenvalue weighted by atomic mass is 10.1. The molecule has 0 spiro atoms. The van der Waals surface area contributed by atoms with E-state index in [1.54, 1.807) is 26.0 Å². The van der Waals surface area contributed by atoms with Crippen molar-refractivity contribution in [2.24, 2.45) is 0 Å². The summed E-state index contributed by atoms with van der Waals surface area (Å²) < 4.78 is 19.9. The molecule has 4 nitrogen and oxygen atoms in total. The number of nitrogens with zero attached hydrogens (tertiary/aromatic N) is 2. The summed E-state index contributed by atoms with van der Waals surface area (Å²) in [7, 11) is 0. The number of hydrogen-bond donors (Lipinski definition) is 1. The summed E-state index contributed by atoms with van der Waals surface area (Å²) in [5.74, 6) is 5.76. The Balaban J connectivity index is 2.06. The van der Waals surface area contributed by atoms with Crippen molar-refractivity contribution in [2.45, 2.75) is 39.2 Å². The van der Waals surface area contributed by atoms with E-state index in [2.05, 4.69) is 34.8 Å². The molecule has 0 saturated heterocycles. The van der Waals surface area contributed by atoms with Gasteiger partial charge in [-0.05, 0) is 38.8 Å². The van der Waals surface area contributed by atoms with Crippen molar-refractivity contribution in [3.8, 4) is 29.0 Å². The Kier molecular flexibility index (Phi) is 6.88. The molecule has 0 aliphatic heterocycles. The molecular weight excluding hydrogens is 331 g/mol. The van der Waals surface area contributed by atoms with E-state index < -0.39 is 11.4 Å². The number of aliphatic hydroxyl groups is 1. The van der Waals surface area contributed by atoms with Crippen molar-refractivity contribution in [3.63, 3.8) is 0 Å².